The summed E-state index contributed by atoms with van der Waals surface area (Å²) in [7, 11) is 0. The van der Waals surface area contributed by atoms with E-state index in [9.17, 15) is 13.2 Å². The number of benzene rings is 1. The van der Waals surface area contributed by atoms with Crippen LogP contribution >= 0.6 is 0 Å². The molecule has 26 heavy (non-hydrogen) atoms. The summed E-state index contributed by atoms with van der Waals surface area (Å²) in [6, 6.07) is 14.0. The zero-order valence-electron chi connectivity index (χ0n) is 12.9. The molecule has 9 heteroatoms. The minimum Gasteiger partial charge on any atom is -0.439 e. The van der Waals surface area contributed by atoms with Crippen LogP contribution in [0.25, 0.3) is 0 Å². The molecular formula is C17H8F3N5O. The summed E-state index contributed by atoms with van der Waals surface area (Å²) in [4.78, 5) is 3.38. The molecule has 2 aromatic rings. The van der Waals surface area contributed by atoms with E-state index in [0.717, 1.165) is 6.07 Å². The number of hydrogen-bond acceptors (Lipinski definition) is 6. The van der Waals surface area contributed by atoms with E-state index >= 15 is 0 Å². The van der Waals surface area contributed by atoms with E-state index < -0.39 is 11.9 Å². The zero-order chi connectivity index (χ0) is 19.2. The highest BCUT2D eigenvalue weighted by atomic mass is 19.4. The molecule has 0 fully saturated rings. The summed E-state index contributed by atoms with van der Waals surface area (Å²) >= 11 is 0. The average molecular weight is 355 g/mol. The molecule has 0 aliphatic heterocycles. The number of nitrogens with zero attached hydrogens (tertiary/aromatic N) is 4. The fourth-order valence-electron chi connectivity index (χ4n) is 1.78. The van der Waals surface area contributed by atoms with Crippen LogP contribution in [0, 0.1) is 34.0 Å². The molecule has 0 bridgehead atoms. The van der Waals surface area contributed by atoms with Crippen molar-refractivity contribution in [1.29, 1.82) is 15.8 Å². The molecule has 0 amide bonds. The molecule has 1 aromatic heterocycles. The quantitative estimate of drug-likeness (QED) is 0.827. The molecule has 0 saturated carbocycles. The third-order valence-electron chi connectivity index (χ3n) is 2.95. The summed E-state index contributed by atoms with van der Waals surface area (Å²) < 4.78 is 43.2. The molecule has 0 aliphatic carbocycles. The van der Waals surface area contributed by atoms with Crippen molar-refractivity contribution in [3.8, 4) is 29.8 Å². The summed E-state index contributed by atoms with van der Waals surface area (Å²) in [5, 5.41) is 29.1. The number of nitrogens with one attached hydrogen (secondary N) is 1. The molecule has 0 saturated heterocycles. The van der Waals surface area contributed by atoms with Gasteiger partial charge in [-0.25, -0.2) is 4.98 Å². The van der Waals surface area contributed by atoms with Crippen LogP contribution < -0.4 is 10.1 Å². The highest BCUT2D eigenvalue weighted by Gasteiger charge is 2.32. The maximum Gasteiger partial charge on any atom is 0.433 e. The van der Waals surface area contributed by atoms with Gasteiger partial charge in [-0.05, 0) is 30.3 Å². The molecular weight excluding hydrogens is 347 g/mol. The number of aromatic nitrogens is 1. The first-order valence-electron chi connectivity index (χ1n) is 6.91. The van der Waals surface area contributed by atoms with Crippen LogP contribution in [0.5, 0.6) is 11.6 Å². The third kappa shape index (κ3) is 4.50. The van der Waals surface area contributed by atoms with Crippen LogP contribution in [0.15, 0.2) is 53.7 Å². The second kappa shape index (κ2) is 7.69. The molecule has 0 unspecified atom stereocenters. The molecule has 0 spiro atoms. The van der Waals surface area contributed by atoms with Crippen molar-refractivity contribution in [2.24, 2.45) is 0 Å². The van der Waals surface area contributed by atoms with Gasteiger partial charge in [-0.15, -0.1) is 0 Å². The smallest absolute Gasteiger partial charge is 0.433 e. The van der Waals surface area contributed by atoms with Gasteiger partial charge in [-0.3, -0.25) is 0 Å². The zero-order valence-corrected chi connectivity index (χ0v) is 12.9. The number of nitriles is 3. The number of allylic oxidation sites excluding steroid dienone is 2. The largest absolute Gasteiger partial charge is 0.439 e. The SMILES string of the molecule is N#CC(C#N)=C(C#N)Nc1ccc(Oc2cccc(C(F)(F)F)n2)cc1. The van der Waals surface area contributed by atoms with E-state index in [1.807, 2.05) is 0 Å². The summed E-state index contributed by atoms with van der Waals surface area (Å²) in [5.74, 6) is -0.0138. The van der Waals surface area contributed by atoms with Gasteiger partial charge in [-0.2, -0.15) is 29.0 Å². The van der Waals surface area contributed by atoms with Gasteiger partial charge in [0.05, 0.1) is 0 Å². The van der Waals surface area contributed by atoms with Crippen molar-refractivity contribution in [2.45, 2.75) is 6.18 Å². The Labute approximate surface area is 146 Å². The van der Waals surface area contributed by atoms with Gasteiger partial charge in [-0.1, -0.05) is 6.07 Å². The maximum atomic E-state index is 12.6. The predicted octanol–water partition coefficient (Wildman–Crippen LogP) is 4.13. The topological polar surface area (TPSA) is 106 Å². The Balaban J connectivity index is 2.17. The van der Waals surface area contributed by atoms with Gasteiger partial charge in [0.1, 0.15) is 35.3 Å². The first-order chi connectivity index (χ1) is 12.4. The Morgan fingerprint density at radius 3 is 2.15 bits per heavy atom. The lowest BCUT2D eigenvalue weighted by Crippen LogP contribution is -2.07. The average Bonchev–Trinajstić information content (AvgIpc) is 2.63. The summed E-state index contributed by atoms with van der Waals surface area (Å²) in [6.45, 7) is 0. The summed E-state index contributed by atoms with van der Waals surface area (Å²) in [6.07, 6.45) is -4.58. The van der Waals surface area contributed by atoms with E-state index in [0.29, 0.717) is 5.69 Å². The third-order valence-corrected chi connectivity index (χ3v) is 2.95. The minimum atomic E-state index is -4.58. The van der Waals surface area contributed by atoms with Crippen molar-refractivity contribution >= 4 is 5.69 Å². The van der Waals surface area contributed by atoms with Crippen molar-refractivity contribution in [3.05, 3.63) is 59.4 Å². The van der Waals surface area contributed by atoms with Crippen LogP contribution in [0.4, 0.5) is 18.9 Å². The second-order valence-electron chi connectivity index (χ2n) is 4.70. The Hall–Kier alpha value is -4.03. The number of ether oxygens (including phenoxy) is 1. The van der Waals surface area contributed by atoms with Crippen LogP contribution in [0.3, 0.4) is 0 Å². The van der Waals surface area contributed by atoms with Crippen molar-refractivity contribution in [1.82, 2.24) is 4.98 Å². The number of rotatable bonds is 4. The number of alkyl halides is 3. The van der Waals surface area contributed by atoms with Crippen LogP contribution in [-0.4, -0.2) is 4.98 Å². The van der Waals surface area contributed by atoms with Gasteiger partial charge in [0, 0.05) is 11.8 Å². The molecule has 1 heterocycles. The Morgan fingerprint density at radius 2 is 1.62 bits per heavy atom. The summed E-state index contributed by atoms with van der Waals surface area (Å²) in [5.41, 5.74) is -1.28. The Bertz CT molecular complexity index is 944. The van der Waals surface area contributed by atoms with Crippen molar-refractivity contribution < 1.29 is 17.9 Å². The van der Waals surface area contributed by atoms with E-state index in [2.05, 4.69) is 10.3 Å². The van der Waals surface area contributed by atoms with Crippen molar-refractivity contribution in [3.63, 3.8) is 0 Å². The lowest BCUT2D eigenvalue weighted by molar-refractivity contribution is -0.141. The number of halogens is 3. The molecule has 128 valence electrons. The number of anilines is 1. The monoisotopic (exact) mass is 355 g/mol. The molecule has 1 aromatic carbocycles. The highest BCUT2D eigenvalue weighted by Crippen LogP contribution is 2.30. The highest BCUT2D eigenvalue weighted by molar-refractivity contribution is 5.59. The van der Waals surface area contributed by atoms with E-state index in [1.165, 1.54) is 36.4 Å². The van der Waals surface area contributed by atoms with Gasteiger partial charge >= 0.3 is 6.18 Å². The van der Waals surface area contributed by atoms with Gasteiger partial charge in [0.25, 0.3) is 0 Å². The minimum absolute atomic E-state index is 0.214. The van der Waals surface area contributed by atoms with Crippen molar-refractivity contribution in [2.75, 3.05) is 5.32 Å². The Morgan fingerprint density at radius 1 is 0.962 bits per heavy atom. The fourth-order valence-corrected chi connectivity index (χ4v) is 1.78. The first-order valence-corrected chi connectivity index (χ1v) is 6.91. The molecule has 6 nitrogen and oxygen atoms in total. The lowest BCUT2D eigenvalue weighted by atomic mass is 10.2. The van der Waals surface area contributed by atoms with Crippen LogP contribution in [-0.2, 0) is 6.18 Å². The maximum absolute atomic E-state index is 12.6. The molecule has 0 radical (unpaired) electrons. The normalized spacial score (nSPS) is 10.0. The number of pyridine rings is 1. The van der Waals surface area contributed by atoms with Crippen LogP contribution in [0.1, 0.15) is 5.69 Å². The van der Waals surface area contributed by atoms with E-state index in [1.54, 1.807) is 18.2 Å². The molecule has 0 aliphatic rings. The van der Waals surface area contributed by atoms with Gasteiger partial charge < -0.3 is 10.1 Å². The standard InChI is InChI=1S/C17H8F3N5O/c18-17(19,20)15-2-1-3-16(25-15)26-13-6-4-12(5-7-13)24-14(10-23)11(8-21)9-22/h1-7,24H. The first kappa shape index (κ1) is 18.3. The van der Waals surface area contributed by atoms with Gasteiger partial charge in [0.2, 0.25) is 5.88 Å². The molecule has 0 atom stereocenters. The van der Waals surface area contributed by atoms with Gasteiger partial charge in [0.15, 0.2) is 5.57 Å². The fraction of sp³-hybridized carbons (Fsp3) is 0.0588. The second-order valence-corrected chi connectivity index (χ2v) is 4.70. The lowest BCUT2D eigenvalue weighted by Gasteiger charge is -2.09. The Kier molecular flexibility index (Phi) is 5.42. The van der Waals surface area contributed by atoms with E-state index in [-0.39, 0.29) is 22.9 Å². The number of hydrogen-bond donors (Lipinski definition) is 1. The molecule has 2 rings (SSSR count). The van der Waals surface area contributed by atoms with Crippen LogP contribution in [0.2, 0.25) is 0 Å². The molecule has 1 N–H and O–H groups in total. The van der Waals surface area contributed by atoms with E-state index in [4.69, 9.17) is 20.5 Å². The predicted molar refractivity (Wildman–Crippen MR) is 83.2 cm³/mol.